The number of hydrogen-bond acceptors (Lipinski definition) is 3. The van der Waals surface area contributed by atoms with E-state index < -0.39 is 17.3 Å². The molecule has 3 N–H and O–H groups in total. The van der Waals surface area contributed by atoms with Crippen LogP contribution >= 0.6 is 11.6 Å². The Morgan fingerprint density at radius 3 is 2.46 bits per heavy atom. The van der Waals surface area contributed by atoms with E-state index in [9.17, 15) is 19.5 Å². The van der Waals surface area contributed by atoms with Gasteiger partial charge >= 0.3 is 5.97 Å². The minimum atomic E-state index is -0.975. The lowest BCUT2D eigenvalue weighted by molar-refractivity contribution is -0.137. The number of benzene rings is 2. The van der Waals surface area contributed by atoms with Crippen LogP contribution in [-0.4, -0.2) is 22.9 Å². The van der Waals surface area contributed by atoms with E-state index in [4.69, 9.17) is 11.6 Å². The van der Waals surface area contributed by atoms with E-state index in [0.717, 1.165) is 16.8 Å². The van der Waals surface area contributed by atoms with Crippen LogP contribution in [0.4, 0.5) is 11.4 Å². The molecule has 0 saturated heterocycles. The quantitative estimate of drug-likeness (QED) is 0.678. The van der Waals surface area contributed by atoms with Gasteiger partial charge in [-0.05, 0) is 55.3 Å². The van der Waals surface area contributed by atoms with Crippen LogP contribution in [0.2, 0.25) is 5.02 Å². The largest absolute Gasteiger partial charge is 0.481 e. The molecule has 1 unspecified atom stereocenters. The molecule has 7 heteroatoms. The lowest BCUT2D eigenvalue weighted by atomic mass is 9.86. The topological polar surface area (TPSA) is 95.5 Å². The van der Waals surface area contributed by atoms with Gasteiger partial charge in [-0.3, -0.25) is 14.4 Å². The van der Waals surface area contributed by atoms with Crippen molar-refractivity contribution in [1.29, 1.82) is 0 Å². The van der Waals surface area contributed by atoms with Crippen LogP contribution in [-0.2, 0) is 19.8 Å². The number of carboxylic acid groups (broad SMARTS) is 1. The average molecular weight is 401 g/mol. The van der Waals surface area contributed by atoms with Gasteiger partial charge in [0.15, 0.2) is 0 Å². The summed E-state index contributed by atoms with van der Waals surface area (Å²) in [4.78, 5) is 35.8. The fourth-order valence-electron chi connectivity index (χ4n) is 3.34. The summed E-state index contributed by atoms with van der Waals surface area (Å²) in [6, 6.07) is 12.1. The SMILES string of the molecule is CC1(C)C(=O)Nc2ccc(NC(=O)CC(CC(=O)O)c3ccc(Cl)cc3)cc21. The number of nitrogens with one attached hydrogen (secondary N) is 2. The van der Waals surface area contributed by atoms with Crippen LogP contribution in [0.15, 0.2) is 42.5 Å². The van der Waals surface area contributed by atoms with Crippen molar-refractivity contribution >= 4 is 40.8 Å². The highest BCUT2D eigenvalue weighted by Crippen LogP contribution is 2.38. The molecule has 1 atom stereocenters. The second kappa shape index (κ2) is 7.64. The average Bonchev–Trinajstić information content (AvgIpc) is 2.84. The van der Waals surface area contributed by atoms with E-state index in [-0.39, 0.29) is 24.7 Å². The molecule has 1 aliphatic heterocycles. The predicted molar refractivity (Wildman–Crippen MR) is 108 cm³/mol. The molecule has 0 spiro atoms. The highest BCUT2D eigenvalue weighted by Gasteiger charge is 2.38. The third-order valence-electron chi connectivity index (χ3n) is 4.99. The van der Waals surface area contributed by atoms with Gasteiger partial charge < -0.3 is 15.7 Å². The summed E-state index contributed by atoms with van der Waals surface area (Å²) in [6.45, 7) is 3.65. The molecular weight excluding hydrogens is 380 g/mol. The maximum atomic E-state index is 12.6. The number of carboxylic acids is 1. The van der Waals surface area contributed by atoms with Crippen molar-refractivity contribution in [3.05, 3.63) is 58.6 Å². The molecular formula is C21H21ClN2O4. The van der Waals surface area contributed by atoms with Gasteiger partial charge in [0.05, 0.1) is 11.8 Å². The highest BCUT2D eigenvalue weighted by atomic mass is 35.5. The molecule has 0 saturated carbocycles. The first-order valence-electron chi connectivity index (χ1n) is 8.90. The Hall–Kier alpha value is -2.86. The van der Waals surface area contributed by atoms with Crippen molar-refractivity contribution in [2.45, 2.75) is 38.0 Å². The second-order valence-electron chi connectivity index (χ2n) is 7.44. The molecule has 0 aliphatic carbocycles. The number of carbonyl (C=O) groups excluding carboxylic acids is 2. The van der Waals surface area contributed by atoms with Crippen molar-refractivity contribution in [3.8, 4) is 0 Å². The molecule has 0 fully saturated rings. The Morgan fingerprint density at radius 1 is 1.14 bits per heavy atom. The first-order chi connectivity index (χ1) is 13.2. The summed E-state index contributed by atoms with van der Waals surface area (Å²) < 4.78 is 0. The molecule has 0 aromatic heterocycles. The van der Waals surface area contributed by atoms with Crippen LogP contribution in [0.5, 0.6) is 0 Å². The predicted octanol–water partition coefficient (Wildman–Crippen LogP) is 4.16. The molecule has 1 aliphatic rings. The van der Waals surface area contributed by atoms with Crippen molar-refractivity contribution in [3.63, 3.8) is 0 Å². The third-order valence-corrected chi connectivity index (χ3v) is 5.24. The van der Waals surface area contributed by atoms with Gasteiger partial charge in [0, 0.05) is 28.7 Å². The summed E-state index contributed by atoms with van der Waals surface area (Å²) in [7, 11) is 0. The van der Waals surface area contributed by atoms with E-state index in [1.54, 1.807) is 42.5 Å². The summed E-state index contributed by atoms with van der Waals surface area (Å²) in [6.07, 6.45) is -0.143. The number of hydrogen-bond donors (Lipinski definition) is 3. The van der Waals surface area contributed by atoms with Crippen molar-refractivity contribution < 1.29 is 19.5 Å². The lowest BCUT2D eigenvalue weighted by Gasteiger charge is -2.17. The second-order valence-corrected chi connectivity index (χ2v) is 7.87. The summed E-state index contributed by atoms with van der Waals surface area (Å²) >= 11 is 5.89. The molecule has 2 aromatic carbocycles. The van der Waals surface area contributed by atoms with E-state index in [1.165, 1.54) is 0 Å². The van der Waals surface area contributed by atoms with Crippen LogP contribution in [0.25, 0.3) is 0 Å². The Kier molecular flexibility index (Phi) is 5.42. The minimum absolute atomic E-state index is 0.0194. The zero-order chi connectivity index (χ0) is 20.5. The Labute approximate surface area is 167 Å². The van der Waals surface area contributed by atoms with Crippen LogP contribution in [0, 0.1) is 0 Å². The molecule has 2 amide bonds. The van der Waals surface area contributed by atoms with Gasteiger partial charge in [-0.2, -0.15) is 0 Å². The van der Waals surface area contributed by atoms with E-state index in [1.807, 2.05) is 13.8 Å². The number of fused-ring (bicyclic) bond motifs is 1. The highest BCUT2D eigenvalue weighted by molar-refractivity contribution is 6.30. The fourth-order valence-corrected chi connectivity index (χ4v) is 3.46. The van der Waals surface area contributed by atoms with Gasteiger partial charge in [0.25, 0.3) is 0 Å². The van der Waals surface area contributed by atoms with Crippen LogP contribution in [0.1, 0.15) is 43.7 Å². The fraction of sp³-hybridized carbons (Fsp3) is 0.286. The number of halogens is 1. The van der Waals surface area contributed by atoms with Crippen molar-refractivity contribution in [1.82, 2.24) is 0 Å². The number of amides is 2. The molecule has 0 bridgehead atoms. The molecule has 6 nitrogen and oxygen atoms in total. The summed E-state index contributed by atoms with van der Waals surface area (Å²) in [5.74, 6) is -1.83. The molecule has 0 radical (unpaired) electrons. The third kappa shape index (κ3) is 4.17. The Morgan fingerprint density at radius 2 is 1.82 bits per heavy atom. The van der Waals surface area contributed by atoms with Gasteiger partial charge in [0.2, 0.25) is 11.8 Å². The van der Waals surface area contributed by atoms with E-state index in [2.05, 4.69) is 10.6 Å². The van der Waals surface area contributed by atoms with Crippen LogP contribution < -0.4 is 10.6 Å². The Balaban J connectivity index is 1.75. The molecule has 3 rings (SSSR count). The first-order valence-corrected chi connectivity index (χ1v) is 9.27. The van der Waals surface area contributed by atoms with Crippen molar-refractivity contribution in [2.24, 2.45) is 0 Å². The number of carbonyl (C=O) groups is 3. The first kappa shape index (κ1) is 19.9. The zero-order valence-electron chi connectivity index (χ0n) is 15.6. The van der Waals surface area contributed by atoms with Crippen LogP contribution in [0.3, 0.4) is 0 Å². The summed E-state index contributed by atoms with van der Waals surface area (Å²) in [5, 5.41) is 15.4. The summed E-state index contributed by atoms with van der Waals surface area (Å²) in [5.41, 5.74) is 2.18. The maximum absolute atomic E-state index is 12.6. The van der Waals surface area contributed by atoms with Gasteiger partial charge in [0.1, 0.15) is 0 Å². The van der Waals surface area contributed by atoms with E-state index >= 15 is 0 Å². The van der Waals surface area contributed by atoms with E-state index in [0.29, 0.717) is 10.7 Å². The molecule has 28 heavy (non-hydrogen) atoms. The number of aliphatic carboxylic acids is 1. The van der Waals surface area contributed by atoms with Gasteiger partial charge in [-0.15, -0.1) is 0 Å². The van der Waals surface area contributed by atoms with Gasteiger partial charge in [-0.25, -0.2) is 0 Å². The minimum Gasteiger partial charge on any atom is -0.481 e. The zero-order valence-corrected chi connectivity index (χ0v) is 16.3. The normalized spacial score (nSPS) is 15.5. The Bertz CT molecular complexity index is 938. The molecule has 2 aromatic rings. The smallest absolute Gasteiger partial charge is 0.303 e. The number of anilines is 2. The van der Waals surface area contributed by atoms with Crippen molar-refractivity contribution in [2.75, 3.05) is 10.6 Å². The van der Waals surface area contributed by atoms with Gasteiger partial charge in [-0.1, -0.05) is 23.7 Å². The standard InChI is InChI=1S/C21H21ClN2O4/c1-21(2)16-11-15(7-8-17(16)24-20(21)28)23-18(25)9-13(10-19(26)27)12-3-5-14(22)6-4-12/h3-8,11,13H,9-10H2,1-2H3,(H,23,25)(H,24,28)(H,26,27). The lowest BCUT2D eigenvalue weighted by Crippen LogP contribution is -2.27. The number of rotatable bonds is 6. The maximum Gasteiger partial charge on any atom is 0.303 e. The monoisotopic (exact) mass is 400 g/mol. The molecule has 1 heterocycles. The molecule has 146 valence electrons.